The van der Waals surface area contributed by atoms with Crippen molar-refractivity contribution >= 4 is 6.29 Å². The van der Waals surface area contributed by atoms with Gasteiger partial charge in [0.2, 0.25) is 0 Å². The van der Waals surface area contributed by atoms with E-state index in [9.17, 15) is 4.79 Å². The van der Waals surface area contributed by atoms with Gasteiger partial charge in [0.15, 0.2) is 0 Å². The van der Waals surface area contributed by atoms with E-state index in [2.05, 4.69) is 6.58 Å². The fourth-order valence-corrected chi connectivity index (χ4v) is 3.15. The van der Waals surface area contributed by atoms with Crippen LogP contribution < -0.4 is 0 Å². The minimum atomic E-state index is 0.304. The molecule has 0 saturated heterocycles. The molecule has 0 N–H and O–H groups in total. The molecule has 1 nitrogen and oxygen atoms in total. The van der Waals surface area contributed by atoms with E-state index in [1.165, 1.54) is 37.5 Å². The molecule has 74 valence electrons. The van der Waals surface area contributed by atoms with Crippen molar-refractivity contribution in [2.24, 2.45) is 23.7 Å². The van der Waals surface area contributed by atoms with E-state index < -0.39 is 0 Å². The van der Waals surface area contributed by atoms with Gasteiger partial charge < -0.3 is 4.79 Å². The summed E-state index contributed by atoms with van der Waals surface area (Å²) in [5.74, 6) is 2.45. The highest BCUT2D eigenvalue weighted by atomic mass is 16.1. The highest BCUT2D eigenvalue weighted by Crippen LogP contribution is 2.59. The fourth-order valence-electron chi connectivity index (χ4n) is 3.15. The molecule has 3 unspecified atom stereocenters. The van der Waals surface area contributed by atoms with Crippen LogP contribution in [0.25, 0.3) is 0 Å². The Bertz CT molecular complexity index is 322. The van der Waals surface area contributed by atoms with Crippen molar-refractivity contribution < 1.29 is 4.79 Å². The van der Waals surface area contributed by atoms with Gasteiger partial charge in [0.25, 0.3) is 0 Å². The number of hydrogen-bond donors (Lipinski definition) is 0. The largest absolute Gasteiger partial charge is 0.303 e. The van der Waals surface area contributed by atoms with Crippen LogP contribution >= 0.6 is 0 Å². The lowest BCUT2D eigenvalue weighted by molar-refractivity contribution is -0.112. The number of allylic oxidation sites excluding steroid dienone is 3. The van der Waals surface area contributed by atoms with Crippen LogP contribution in [-0.2, 0) is 4.79 Å². The summed E-state index contributed by atoms with van der Waals surface area (Å²) in [5.41, 5.74) is 2.93. The molecule has 14 heavy (non-hydrogen) atoms. The van der Waals surface area contributed by atoms with E-state index in [-0.39, 0.29) is 0 Å². The zero-order valence-corrected chi connectivity index (χ0v) is 8.41. The van der Waals surface area contributed by atoms with Gasteiger partial charge in [-0.3, -0.25) is 0 Å². The average Bonchev–Trinajstić information content (AvgIpc) is 3.07. The SMILES string of the molecule is C=CC1=C2CC(CC3CC3)C(C=O)C12. The van der Waals surface area contributed by atoms with Crippen LogP contribution in [-0.4, -0.2) is 6.29 Å². The second-order valence-corrected chi connectivity index (χ2v) is 5.02. The predicted molar refractivity (Wildman–Crippen MR) is 55.7 cm³/mol. The first-order chi connectivity index (χ1) is 6.85. The lowest BCUT2D eigenvalue weighted by atomic mass is 9.87. The topological polar surface area (TPSA) is 17.1 Å². The second kappa shape index (κ2) is 2.82. The number of carbonyl (C=O) groups excluding carboxylic acids is 1. The maximum atomic E-state index is 11.1. The van der Waals surface area contributed by atoms with E-state index in [0.717, 1.165) is 5.92 Å². The van der Waals surface area contributed by atoms with Gasteiger partial charge in [-0.05, 0) is 30.3 Å². The molecule has 0 radical (unpaired) electrons. The van der Waals surface area contributed by atoms with Gasteiger partial charge in [-0.2, -0.15) is 0 Å². The lowest BCUT2D eigenvalue weighted by Gasteiger charge is -2.16. The molecule has 3 aliphatic carbocycles. The minimum Gasteiger partial charge on any atom is -0.303 e. The summed E-state index contributed by atoms with van der Waals surface area (Å²) < 4.78 is 0. The van der Waals surface area contributed by atoms with E-state index in [0.29, 0.717) is 17.8 Å². The molecule has 0 bridgehead atoms. The molecule has 3 atom stereocenters. The molecule has 0 aromatic rings. The number of hydrogen-bond acceptors (Lipinski definition) is 1. The Morgan fingerprint density at radius 2 is 2.21 bits per heavy atom. The van der Waals surface area contributed by atoms with Gasteiger partial charge in [-0.15, -0.1) is 0 Å². The van der Waals surface area contributed by atoms with Gasteiger partial charge >= 0.3 is 0 Å². The van der Waals surface area contributed by atoms with Crippen LogP contribution in [0.3, 0.4) is 0 Å². The Kier molecular flexibility index (Phi) is 1.70. The first-order valence-electron chi connectivity index (χ1n) is 5.65. The van der Waals surface area contributed by atoms with E-state index in [1.54, 1.807) is 5.57 Å². The van der Waals surface area contributed by atoms with Crippen LogP contribution in [0.5, 0.6) is 0 Å². The van der Waals surface area contributed by atoms with E-state index in [4.69, 9.17) is 0 Å². The minimum absolute atomic E-state index is 0.304. The summed E-state index contributed by atoms with van der Waals surface area (Å²) in [5, 5.41) is 0. The van der Waals surface area contributed by atoms with Crippen LogP contribution in [0.2, 0.25) is 0 Å². The van der Waals surface area contributed by atoms with E-state index >= 15 is 0 Å². The van der Waals surface area contributed by atoms with Crippen LogP contribution in [0.4, 0.5) is 0 Å². The molecule has 0 aromatic heterocycles. The number of aldehydes is 1. The fraction of sp³-hybridized carbons (Fsp3) is 0.615. The van der Waals surface area contributed by atoms with Crippen LogP contribution in [0.1, 0.15) is 25.7 Å². The summed E-state index contributed by atoms with van der Waals surface area (Å²) in [6.45, 7) is 3.80. The number of fused-ring (bicyclic) bond motifs is 1. The van der Waals surface area contributed by atoms with Crippen molar-refractivity contribution in [2.75, 3.05) is 0 Å². The summed E-state index contributed by atoms with van der Waals surface area (Å²) in [4.78, 5) is 11.1. The third-order valence-electron chi connectivity index (χ3n) is 4.12. The Hall–Kier alpha value is -0.850. The summed E-state index contributed by atoms with van der Waals surface area (Å²) in [7, 11) is 0. The molecule has 0 aromatic carbocycles. The monoisotopic (exact) mass is 188 g/mol. The quantitative estimate of drug-likeness (QED) is 0.620. The summed E-state index contributed by atoms with van der Waals surface area (Å²) in [6, 6.07) is 0. The highest BCUT2D eigenvalue weighted by molar-refractivity contribution is 5.66. The van der Waals surface area contributed by atoms with Gasteiger partial charge in [0, 0.05) is 11.8 Å². The molecule has 2 fully saturated rings. The van der Waals surface area contributed by atoms with Crippen LogP contribution in [0.15, 0.2) is 23.8 Å². The van der Waals surface area contributed by atoms with Crippen molar-refractivity contribution in [1.29, 1.82) is 0 Å². The first kappa shape index (κ1) is 8.46. The molecule has 3 aliphatic rings. The molecule has 0 aliphatic heterocycles. The lowest BCUT2D eigenvalue weighted by Crippen LogP contribution is -2.15. The van der Waals surface area contributed by atoms with Crippen molar-refractivity contribution in [3.8, 4) is 0 Å². The Labute approximate surface area is 84.9 Å². The maximum Gasteiger partial charge on any atom is 0.124 e. The van der Waals surface area contributed by atoms with E-state index in [1.807, 2.05) is 6.08 Å². The molecule has 2 saturated carbocycles. The summed E-state index contributed by atoms with van der Waals surface area (Å²) in [6.07, 6.45) is 8.44. The van der Waals surface area contributed by atoms with Crippen molar-refractivity contribution in [2.45, 2.75) is 25.7 Å². The average molecular weight is 188 g/mol. The molecular formula is C13H16O. The van der Waals surface area contributed by atoms with Gasteiger partial charge in [-0.1, -0.05) is 31.1 Å². The molecule has 1 heteroatoms. The number of rotatable bonds is 4. The molecule has 0 spiro atoms. The van der Waals surface area contributed by atoms with Crippen LogP contribution in [0, 0.1) is 23.7 Å². The van der Waals surface area contributed by atoms with Crippen molar-refractivity contribution in [3.63, 3.8) is 0 Å². The van der Waals surface area contributed by atoms with Gasteiger partial charge in [0.1, 0.15) is 6.29 Å². The molecule has 3 rings (SSSR count). The predicted octanol–water partition coefficient (Wildman–Crippen LogP) is 2.73. The maximum absolute atomic E-state index is 11.1. The second-order valence-electron chi connectivity index (χ2n) is 5.02. The normalized spacial score (nSPS) is 39.6. The highest BCUT2D eigenvalue weighted by Gasteiger charge is 2.51. The van der Waals surface area contributed by atoms with Crippen molar-refractivity contribution in [3.05, 3.63) is 23.8 Å². The summed E-state index contributed by atoms with van der Waals surface area (Å²) >= 11 is 0. The Balaban J connectivity index is 1.72. The Morgan fingerprint density at radius 1 is 1.43 bits per heavy atom. The Morgan fingerprint density at radius 3 is 2.79 bits per heavy atom. The smallest absolute Gasteiger partial charge is 0.124 e. The third-order valence-corrected chi connectivity index (χ3v) is 4.12. The van der Waals surface area contributed by atoms with Crippen molar-refractivity contribution in [1.82, 2.24) is 0 Å². The molecule has 0 amide bonds. The third kappa shape index (κ3) is 1.11. The number of carbonyl (C=O) groups is 1. The zero-order chi connectivity index (χ0) is 9.71. The molecule has 0 heterocycles. The zero-order valence-electron chi connectivity index (χ0n) is 8.41. The van der Waals surface area contributed by atoms with Gasteiger partial charge in [0.05, 0.1) is 0 Å². The molecular weight excluding hydrogens is 172 g/mol. The van der Waals surface area contributed by atoms with Gasteiger partial charge in [-0.25, -0.2) is 0 Å². The standard InChI is InChI=1S/C13H16O/c1-2-10-11-6-9(5-8-3-4-8)12(7-14)13(10)11/h2,7-9,12-13H,1,3-6H2. The first-order valence-corrected chi connectivity index (χ1v) is 5.65.